The van der Waals surface area contributed by atoms with E-state index in [2.05, 4.69) is 36.1 Å². The third kappa shape index (κ3) is 9.39. The zero-order valence-electron chi connectivity index (χ0n) is 26.8. The lowest BCUT2D eigenvalue weighted by molar-refractivity contribution is 0.101. The number of nitrogens with one attached hydrogen (secondary N) is 1. The SMILES string of the molecule is CCCCOc1cc(OCCCN(CC)CC)ccc1NC(=O)c1cc(-c2ccc(Oc3ccc(OC)c(Cl)c3)cc2)nn1C. The number of aryl methyl sites for hydroxylation is 1. The average molecular weight is 635 g/mol. The van der Waals surface area contributed by atoms with Crippen molar-refractivity contribution in [3.8, 4) is 40.0 Å². The monoisotopic (exact) mass is 634 g/mol. The molecule has 4 aromatic rings. The molecule has 0 saturated heterocycles. The summed E-state index contributed by atoms with van der Waals surface area (Å²) in [5, 5.41) is 8.06. The highest BCUT2D eigenvalue weighted by Crippen LogP contribution is 2.33. The van der Waals surface area contributed by atoms with E-state index in [9.17, 15) is 4.79 Å². The largest absolute Gasteiger partial charge is 0.495 e. The molecule has 10 heteroatoms. The van der Waals surface area contributed by atoms with Gasteiger partial charge in [0.25, 0.3) is 5.91 Å². The van der Waals surface area contributed by atoms with Gasteiger partial charge >= 0.3 is 0 Å². The molecule has 45 heavy (non-hydrogen) atoms. The van der Waals surface area contributed by atoms with Gasteiger partial charge in [0.05, 0.1) is 36.7 Å². The highest BCUT2D eigenvalue weighted by atomic mass is 35.5. The average Bonchev–Trinajstić information content (AvgIpc) is 3.44. The van der Waals surface area contributed by atoms with Crippen molar-refractivity contribution in [2.75, 3.05) is 45.3 Å². The molecule has 0 saturated carbocycles. The van der Waals surface area contributed by atoms with E-state index < -0.39 is 0 Å². The molecule has 0 aliphatic heterocycles. The van der Waals surface area contributed by atoms with E-state index >= 15 is 0 Å². The summed E-state index contributed by atoms with van der Waals surface area (Å²) in [5.41, 5.74) is 2.49. The van der Waals surface area contributed by atoms with Crippen molar-refractivity contribution in [3.05, 3.63) is 77.4 Å². The zero-order valence-corrected chi connectivity index (χ0v) is 27.5. The van der Waals surface area contributed by atoms with Gasteiger partial charge in [-0.15, -0.1) is 0 Å². The second-order valence-electron chi connectivity index (χ2n) is 10.5. The topological polar surface area (TPSA) is 87.1 Å². The molecule has 3 aromatic carbocycles. The first-order chi connectivity index (χ1) is 21.8. The number of carbonyl (C=O) groups excluding carboxylic acids is 1. The summed E-state index contributed by atoms with van der Waals surface area (Å²) in [6.07, 6.45) is 2.84. The second-order valence-corrected chi connectivity index (χ2v) is 10.9. The smallest absolute Gasteiger partial charge is 0.274 e. The molecule has 1 aromatic heterocycles. The number of benzene rings is 3. The van der Waals surface area contributed by atoms with Crippen molar-refractivity contribution >= 4 is 23.2 Å². The first kappa shape index (κ1) is 33.7. The normalized spacial score (nSPS) is 11.0. The number of rotatable bonds is 17. The summed E-state index contributed by atoms with van der Waals surface area (Å²) < 4.78 is 24.8. The lowest BCUT2D eigenvalue weighted by Gasteiger charge is -2.18. The van der Waals surface area contributed by atoms with E-state index in [1.54, 1.807) is 43.1 Å². The Balaban J connectivity index is 1.42. The maximum atomic E-state index is 13.4. The summed E-state index contributed by atoms with van der Waals surface area (Å²) in [6, 6.07) is 20.0. The lowest BCUT2D eigenvalue weighted by atomic mass is 10.1. The highest BCUT2D eigenvalue weighted by molar-refractivity contribution is 6.32. The Morgan fingerprint density at radius 2 is 1.58 bits per heavy atom. The molecule has 240 valence electrons. The molecule has 1 heterocycles. The standard InChI is InChI=1S/C35H43ClN4O5/c1-6-9-20-44-34-23-27(43-21-10-19-40(7-2)8-3)15-17-30(34)37-35(41)32-24-31(38-39(32)4)25-11-13-26(14-12-25)45-28-16-18-33(42-5)29(36)22-28/h11-18,22-24H,6-10,19-21H2,1-5H3,(H,37,41). The number of anilines is 1. The number of hydrogen-bond acceptors (Lipinski definition) is 7. The predicted molar refractivity (Wildman–Crippen MR) is 179 cm³/mol. The van der Waals surface area contributed by atoms with Crippen LogP contribution in [0.5, 0.6) is 28.7 Å². The molecule has 0 aliphatic rings. The Morgan fingerprint density at radius 1 is 0.867 bits per heavy atom. The van der Waals surface area contributed by atoms with Crippen molar-refractivity contribution in [1.29, 1.82) is 0 Å². The van der Waals surface area contributed by atoms with Gasteiger partial charge in [0.1, 0.15) is 34.4 Å². The third-order valence-corrected chi connectivity index (χ3v) is 7.66. The number of carbonyl (C=O) groups is 1. The quantitative estimate of drug-likeness (QED) is 0.117. The van der Waals surface area contributed by atoms with E-state index in [0.717, 1.165) is 44.5 Å². The Hall–Kier alpha value is -4.21. The Bertz CT molecular complexity index is 1540. The first-order valence-corrected chi connectivity index (χ1v) is 15.8. The Morgan fingerprint density at radius 3 is 2.27 bits per heavy atom. The zero-order chi connectivity index (χ0) is 32.2. The maximum Gasteiger partial charge on any atom is 0.274 e. The van der Waals surface area contributed by atoms with Crippen LogP contribution >= 0.6 is 11.6 Å². The van der Waals surface area contributed by atoms with Gasteiger partial charge in [-0.3, -0.25) is 9.48 Å². The van der Waals surface area contributed by atoms with Crippen LogP contribution in [0.3, 0.4) is 0 Å². The number of nitrogens with zero attached hydrogens (tertiary/aromatic N) is 3. The molecule has 9 nitrogen and oxygen atoms in total. The fourth-order valence-electron chi connectivity index (χ4n) is 4.71. The highest BCUT2D eigenvalue weighted by Gasteiger charge is 2.17. The number of methoxy groups -OCH3 is 1. The van der Waals surface area contributed by atoms with Crippen LogP contribution in [0.1, 0.15) is 50.5 Å². The van der Waals surface area contributed by atoms with Crippen LogP contribution in [-0.4, -0.2) is 60.5 Å². The van der Waals surface area contributed by atoms with E-state index in [1.165, 1.54) is 0 Å². The molecule has 0 bridgehead atoms. The fourth-order valence-corrected chi connectivity index (χ4v) is 4.95. The summed E-state index contributed by atoms with van der Waals surface area (Å²) in [5.74, 6) is 2.82. The number of halogens is 1. The van der Waals surface area contributed by atoms with E-state index in [-0.39, 0.29) is 5.91 Å². The first-order valence-electron chi connectivity index (χ1n) is 15.4. The minimum Gasteiger partial charge on any atom is -0.495 e. The molecule has 0 atom stereocenters. The van der Waals surface area contributed by atoms with Crippen LogP contribution in [0.25, 0.3) is 11.3 Å². The molecular formula is C35H43ClN4O5. The molecule has 0 fully saturated rings. The molecule has 1 N–H and O–H groups in total. The van der Waals surface area contributed by atoms with Crippen molar-refractivity contribution in [2.45, 2.75) is 40.0 Å². The molecule has 0 unspecified atom stereocenters. The summed E-state index contributed by atoms with van der Waals surface area (Å²) in [4.78, 5) is 15.8. The minimum absolute atomic E-state index is 0.291. The van der Waals surface area contributed by atoms with Gasteiger partial charge in [-0.25, -0.2) is 0 Å². The van der Waals surface area contributed by atoms with Crippen LogP contribution in [0, 0.1) is 0 Å². The molecule has 0 aliphatic carbocycles. The van der Waals surface area contributed by atoms with Gasteiger partial charge in [0.2, 0.25) is 0 Å². The fraction of sp³-hybridized carbons (Fsp3) is 0.371. The maximum absolute atomic E-state index is 13.4. The number of ether oxygens (including phenoxy) is 4. The Labute approximate surface area is 271 Å². The van der Waals surface area contributed by atoms with Gasteiger partial charge in [-0.1, -0.05) is 38.8 Å². The molecule has 0 spiro atoms. The number of unbranched alkanes of at least 4 members (excludes halogenated alkanes) is 1. The number of hydrogen-bond donors (Lipinski definition) is 1. The Kier molecular flexibility index (Phi) is 12.5. The van der Waals surface area contributed by atoms with Gasteiger partial charge in [0.15, 0.2) is 0 Å². The molecule has 1 amide bonds. The number of aromatic nitrogens is 2. The predicted octanol–water partition coefficient (Wildman–Crippen LogP) is 8.08. The van der Waals surface area contributed by atoms with Gasteiger partial charge in [0, 0.05) is 31.3 Å². The van der Waals surface area contributed by atoms with Crippen LogP contribution in [0.4, 0.5) is 5.69 Å². The van der Waals surface area contributed by atoms with Crippen LogP contribution in [0.2, 0.25) is 5.02 Å². The van der Waals surface area contributed by atoms with Crippen molar-refractivity contribution in [3.63, 3.8) is 0 Å². The summed E-state index contributed by atoms with van der Waals surface area (Å²) in [6.45, 7) is 10.6. The van der Waals surface area contributed by atoms with E-state index in [1.807, 2.05) is 42.5 Å². The molecular weight excluding hydrogens is 592 g/mol. The van der Waals surface area contributed by atoms with E-state index in [4.69, 9.17) is 30.5 Å². The van der Waals surface area contributed by atoms with Crippen molar-refractivity contribution < 1.29 is 23.7 Å². The minimum atomic E-state index is -0.291. The van der Waals surface area contributed by atoms with Crippen molar-refractivity contribution in [2.24, 2.45) is 7.05 Å². The number of amides is 1. The second kappa shape index (κ2) is 16.7. The third-order valence-electron chi connectivity index (χ3n) is 7.36. The summed E-state index contributed by atoms with van der Waals surface area (Å²) >= 11 is 6.22. The van der Waals surface area contributed by atoms with Gasteiger partial charge in [-0.05, 0) is 80.5 Å². The molecule has 0 radical (unpaired) electrons. The molecule has 4 rings (SSSR count). The summed E-state index contributed by atoms with van der Waals surface area (Å²) in [7, 11) is 3.31. The van der Waals surface area contributed by atoms with E-state index in [0.29, 0.717) is 64.1 Å². The lowest BCUT2D eigenvalue weighted by Crippen LogP contribution is -2.25. The van der Waals surface area contributed by atoms with Crippen LogP contribution in [0.15, 0.2) is 66.7 Å². The van der Waals surface area contributed by atoms with Crippen LogP contribution in [-0.2, 0) is 7.05 Å². The van der Waals surface area contributed by atoms with Crippen LogP contribution < -0.4 is 24.3 Å². The van der Waals surface area contributed by atoms with Gasteiger partial charge < -0.3 is 29.2 Å². The van der Waals surface area contributed by atoms with Gasteiger partial charge in [-0.2, -0.15) is 5.10 Å². The van der Waals surface area contributed by atoms with Crippen molar-refractivity contribution in [1.82, 2.24) is 14.7 Å².